The van der Waals surface area contributed by atoms with Gasteiger partial charge in [-0.3, -0.25) is 14.6 Å². The van der Waals surface area contributed by atoms with Crippen molar-refractivity contribution in [3.8, 4) is 28.6 Å². The number of ketones is 1. The highest BCUT2D eigenvalue weighted by Gasteiger charge is 2.44. The van der Waals surface area contributed by atoms with Gasteiger partial charge in [-0.2, -0.15) is 5.10 Å². The molecule has 11 nitrogen and oxygen atoms in total. The van der Waals surface area contributed by atoms with Crippen molar-refractivity contribution >= 4 is 22.6 Å². The molecule has 1 spiro atoms. The number of likely N-dealkylation sites (tertiary alicyclic amines) is 1. The number of para-hydroxylation sites is 1. The molecule has 0 atom stereocenters. The lowest BCUT2D eigenvalue weighted by atomic mass is 9.82. The molecule has 194 valence electrons. The molecule has 1 saturated heterocycles. The molecule has 0 bridgehead atoms. The van der Waals surface area contributed by atoms with E-state index < -0.39 is 11.3 Å². The van der Waals surface area contributed by atoms with E-state index in [9.17, 15) is 14.4 Å². The molecule has 2 N–H and O–H groups in total. The van der Waals surface area contributed by atoms with Crippen LogP contribution in [-0.2, 0) is 0 Å². The van der Waals surface area contributed by atoms with E-state index in [0.717, 1.165) is 5.39 Å². The minimum absolute atomic E-state index is 0.0428. The summed E-state index contributed by atoms with van der Waals surface area (Å²) >= 11 is 0. The second kappa shape index (κ2) is 9.02. The standard InChI is InChI=1S/C27H25N5O6/c1-36-21-5-3-4-16-22(37-2)13-18(28-23(16)21)25(34)32-10-8-27(9-11-32)14-19(33)17-12-15(6-7-20(17)38-27)24-29-26(35)31-30-24/h3-7,12-13H,8-11,14H2,1-2H3,(H2,29,30,31,35). The molecule has 4 aromatic rings. The van der Waals surface area contributed by atoms with Gasteiger partial charge in [0.1, 0.15) is 34.1 Å². The Bertz CT molecular complexity index is 1630. The van der Waals surface area contributed by atoms with Gasteiger partial charge in [0.05, 0.1) is 26.2 Å². The molecule has 1 amide bonds. The van der Waals surface area contributed by atoms with Crippen LogP contribution in [0.15, 0.2) is 47.3 Å². The number of aromatic amines is 2. The number of fused-ring (bicyclic) bond motifs is 2. The molecule has 0 saturated carbocycles. The number of piperidine rings is 1. The fourth-order valence-electron chi connectivity index (χ4n) is 5.24. The maximum atomic E-state index is 13.4. The zero-order valence-corrected chi connectivity index (χ0v) is 20.9. The van der Waals surface area contributed by atoms with Crippen LogP contribution in [-0.4, -0.2) is 69.7 Å². The quantitative estimate of drug-likeness (QED) is 0.423. The highest BCUT2D eigenvalue weighted by Crippen LogP contribution is 2.41. The zero-order valence-electron chi connectivity index (χ0n) is 20.9. The van der Waals surface area contributed by atoms with Gasteiger partial charge in [0.25, 0.3) is 5.91 Å². The number of H-pyrrole nitrogens is 2. The summed E-state index contributed by atoms with van der Waals surface area (Å²) in [5.74, 6) is 1.69. The van der Waals surface area contributed by atoms with Gasteiger partial charge in [-0.05, 0) is 30.3 Å². The Morgan fingerprint density at radius 3 is 2.55 bits per heavy atom. The number of Topliss-reactive ketones (excluding diaryl/α,β-unsaturated/α-hetero) is 1. The highest BCUT2D eigenvalue weighted by atomic mass is 16.5. The normalized spacial score (nSPS) is 16.3. The molecule has 2 aliphatic heterocycles. The van der Waals surface area contributed by atoms with E-state index in [1.54, 1.807) is 49.5 Å². The van der Waals surface area contributed by atoms with Gasteiger partial charge in [0, 0.05) is 42.9 Å². The number of hydrogen-bond donors (Lipinski definition) is 2. The van der Waals surface area contributed by atoms with E-state index in [-0.39, 0.29) is 23.8 Å². The van der Waals surface area contributed by atoms with E-state index in [1.807, 2.05) is 12.1 Å². The van der Waals surface area contributed by atoms with Gasteiger partial charge >= 0.3 is 5.69 Å². The van der Waals surface area contributed by atoms with E-state index >= 15 is 0 Å². The number of aromatic nitrogens is 4. The monoisotopic (exact) mass is 515 g/mol. The highest BCUT2D eigenvalue weighted by molar-refractivity contribution is 6.01. The number of nitrogens with one attached hydrogen (secondary N) is 2. The van der Waals surface area contributed by atoms with Crippen LogP contribution in [0, 0.1) is 0 Å². The van der Waals surface area contributed by atoms with Crippen molar-refractivity contribution in [1.82, 2.24) is 25.1 Å². The number of carbonyl (C=O) groups is 2. The van der Waals surface area contributed by atoms with Crippen LogP contribution < -0.4 is 19.9 Å². The van der Waals surface area contributed by atoms with E-state index in [2.05, 4.69) is 20.2 Å². The number of nitrogens with zero attached hydrogens (tertiary/aromatic N) is 3. The molecule has 2 aromatic carbocycles. The number of benzene rings is 2. The summed E-state index contributed by atoms with van der Waals surface area (Å²) in [7, 11) is 3.11. The summed E-state index contributed by atoms with van der Waals surface area (Å²) in [5, 5.41) is 7.01. The third-order valence-corrected chi connectivity index (χ3v) is 7.25. The first-order valence-electron chi connectivity index (χ1n) is 12.2. The first kappa shape index (κ1) is 23.7. The van der Waals surface area contributed by atoms with Crippen molar-refractivity contribution in [1.29, 1.82) is 0 Å². The number of methoxy groups -OCH3 is 2. The minimum atomic E-state index is -0.680. The van der Waals surface area contributed by atoms with Gasteiger partial charge in [-0.1, -0.05) is 6.07 Å². The van der Waals surface area contributed by atoms with Crippen molar-refractivity contribution in [2.45, 2.75) is 24.9 Å². The predicted octanol–water partition coefficient (Wildman–Crippen LogP) is 2.97. The molecule has 6 rings (SSSR count). The van der Waals surface area contributed by atoms with Gasteiger partial charge in [-0.25, -0.2) is 14.9 Å². The fraction of sp³-hybridized carbons (Fsp3) is 0.296. The second-order valence-electron chi connectivity index (χ2n) is 9.48. The predicted molar refractivity (Wildman–Crippen MR) is 137 cm³/mol. The van der Waals surface area contributed by atoms with Crippen molar-refractivity contribution < 1.29 is 23.8 Å². The van der Waals surface area contributed by atoms with Gasteiger partial charge in [0.2, 0.25) is 0 Å². The first-order valence-corrected chi connectivity index (χ1v) is 12.2. The molecule has 4 heterocycles. The van der Waals surface area contributed by atoms with Gasteiger partial charge in [0.15, 0.2) is 11.6 Å². The second-order valence-corrected chi connectivity index (χ2v) is 9.48. The molecule has 11 heteroatoms. The summed E-state index contributed by atoms with van der Waals surface area (Å²) in [5.41, 5.74) is 0.798. The molecule has 0 unspecified atom stereocenters. The topological polar surface area (TPSA) is 139 Å². The molecule has 0 aliphatic carbocycles. The fourth-order valence-corrected chi connectivity index (χ4v) is 5.24. The SMILES string of the molecule is COc1cc(C(=O)N2CCC3(CC2)CC(=O)c2cc(-c4n[nH]c(=O)[nH]4)ccc2O3)nc2c(OC)cccc12. The van der Waals surface area contributed by atoms with Gasteiger partial charge in [-0.15, -0.1) is 0 Å². The lowest BCUT2D eigenvalue weighted by molar-refractivity contribution is -0.00583. The van der Waals surface area contributed by atoms with Gasteiger partial charge < -0.3 is 19.1 Å². The summed E-state index contributed by atoms with van der Waals surface area (Å²) in [6, 6.07) is 12.3. The minimum Gasteiger partial charge on any atom is -0.496 e. The Hall–Kier alpha value is -4.67. The maximum Gasteiger partial charge on any atom is 0.340 e. The molecule has 2 aromatic heterocycles. The summed E-state index contributed by atoms with van der Waals surface area (Å²) in [6.45, 7) is 0.837. The van der Waals surface area contributed by atoms with Crippen LogP contribution in [0.25, 0.3) is 22.3 Å². The Labute approximate surface area is 216 Å². The number of hydrogen-bond acceptors (Lipinski definition) is 8. The van der Waals surface area contributed by atoms with Crippen molar-refractivity contribution in [2.75, 3.05) is 27.3 Å². The summed E-state index contributed by atoms with van der Waals surface area (Å²) in [6.07, 6.45) is 1.22. The summed E-state index contributed by atoms with van der Waals surface area (Å²) in [4.78, 5) is 46.9. The van der Waals surface area contributed by atoms with Crippen LogP contribution in [0.3, 0.4) is 0 Å². The van der Waals surface area contributed by atoms with E-state index in [0.29, 0.717) is 65.6 Å². The number of amides is 1. The Morgan fingerprint density at radius 2 is 1.84 bits per heavy atom. The smallest absolute Gasteiger partial charge is 0.340 e. The van der Waals surface area contributed by atoms with E-state index in [4.69, 9.17) is 14.2 Å². The van der Waals surface area contributed by atoms with E-state index in [1.165, 1.54) is 0 Å². The Morgan fingerprint density at radius 1 is 1.05 bits per heavy atom. The third kappa shape index (κ3) is 3.96. The molecule has 38 heavy (non-hydrogen) atoms. The zero-order chi connectivity index (χ0) is 26.4. The van der Waals surface area contributed by atoms with Crippen LogP contribution in [0.5, 0.6) is 17.2 Å². The van der Waals surface area contributed by atoms with Crippen molar-refractivity contribution in [2.24, 2.45) is 0 Å². The largest absolute Gasteiger partial charge is 0.496 e. The number of ether oxygens (including phenoxy) is 3. The first-order chi connectivity index (χ1) is 18.4. The van der Waals surface area contributed by atoms with Crippen molar-refractivity contribution in [3.05, 3.63) is 64.2 Å². The number of pyridine rings is 1. The molecular formula is C27H25N5O6. The Balaban J connectivity index is 1.21. The maximum absolute atomic E-state index is 13.4. The van der Waals surface area contributed by atoms with Crippen LogP contribution in [0.4, 0.5) is 0 Å². The summed E-state index contributed by atoms with van der Waals surface area (Å²) < 4.78 is 17.3. The molecule has 0 radical (unpaired) electrons. The molecular weight excluding hydrogens is 490 g/mol. The lowest BCUT2D eigenvalue weighted by Crippen LogP contribution is -2.52. The van der Waals surface area contributed by atoms with Crippen LogP contribution in [0.1, 0.15) is 40.1 Å². The number of carbonyl (C=O) groups excluding carboxylic acids is 2. The average molecular weight is 516 g/mol. The number of rotatable bonds is 4. The Kier molecular flexibility index (Phi) is 5.63. The van der Waals surface area contributed by atoms with Crippen LogP contribution >= 0.6 is 0 Å². The third-order valence-electron chi connectivity index (χ3n) is 7.25. The van der Waals surface area contributed by atoms with Crippen LogP contribution in [0.2, 0.25) is 0 Å². The molecule has 1 fully saturated rings. The lowest BCUT2D eigenvalue weighted by Gasteiger charge is -2.43. The van der Waals surface area contributed by atoms with Crippen molar-refractivity contribution in [3.63, 3.8) is 0 Å². The molecule has 2 aliphatic rings. The average Bonchev–Trinajstić information content (AvgIpc) is 3.38.